The van der Waals surface area contributed by atoms with E-state index in [1.165, 1.54) is 36.4 Å². The number of carbonyl (C=O) groups excluding carboxylic acids is 1. The zero-order chi connectivity index (χ0) is 25.2. The standard InChI is InChI=1S/C18H18F2N2O2.C7H8O3S/c19-13-3-1-2-12(17(13)20)15-4-5-16(24-15)18(23)21-14-10-22-8-6-11(14)7-9-22;1-6-2-4-7(5-3-6)11(8,9)10/h1-5,11,14H,6-10H2,(H,21,23);2-5H,1H3,(H,8,9,10)/t14-;/m0./s1. The third-order valence-corrected chi connectivity index (χ3v) is 7.21. The van der Waals surface area contributed by atoms with E-state index in [0.717, 1.165) is 44.1 Å². The average molecular weight is 505 g/mol. The number of halogens is 2. The van der Waals surface area contributed by atoms with Gasteiger partial charge >= 0.3 is 0 Å². The lowest BCUT2D eigenvalue weighted by Gasteiger charge is -2.44. The van der Waals surface area contributed by atoms with Gasteiger partial charge in [-0.2, -0.15) is 8.42 Å². The maximum atomic E-state index is 13.8. The first kappa shape index (κ1) is 25.0. The van der Waals surface area contributed by atoms with E-state index < -0.39 is 21.8 Å². The van der Waals surface area contributed by atoms with Crippen molar-refractivity contribution in [1.82, 2.24) is 10.2 Å². The first-order valence-corrected chi connectivity index (χ1v) is 12.7. The zero-order valence-electron chi connectivity index (χ0n) is 19.1. The molecule has 2 aromatic carbocycles. The van der Waals surface area contributed by atoms with Crippen molar-refractivity contribution < 1.29 is 31.0 Å². The summed E-state index contributed by atoms with van der Waals surface area (Å²) >= 11 is 0. The second-order valence-corrected chi connectivity index (χ2v) is 10.2. The Morgan fingerprint density at radius 3 is 2.34 bits per heavy atom. The number of piperidine rings is 3. The van der Waals surface area contributed by atoms with Gasteiger partial charge in [0.05, 0.1) is 10.5 Å². The van der Waals surface area contributed by atoms with E-state index in [9.17, 15) is 22.0 Å². The number of amides is 1. The molecular formula is C25H26F2N2O5S. The fraction of sp³-hybridized carbons (Fsp3) is 0.320. The summed E-state index contributed by atoms with van der Waals surface area (Å²) in [5.74, 6) is -1.46. The Bertz CT molecular complexity index is 1300. The van der Waals surface area contributed by atoms with Gasteiger partial charge in [0.15, 0.2) is 17.4 Å². The molecule has 0 aliphatic carbocycles. The number of furan rings is 1. The minimum absolute atomic E-state index is 0.0110. The molecule has 4 heterocycles. The summed E-state index contributed by atoms with van der Waals surface area (Å²) in [6.45, 7) is 4.90. The number of hydrogen-bond acceptors (Lipinski definition) is 5. The van der Waals surface area contributed by atoms with Crippen molar-refractivity contribution in [3.8, 4) is 11.3 Å². The highest BCUT2D eigenvalue weighted by Gasteiger charge is 2.35. The first-order chi connectivity index (χ1) is 16.6. The van der Waals surface area contributed by atoms with Crippen LogP contribution in [0, 0.1) is 24.5 Å². The van der Waals surface area contributed by atoms with Gasteiger partial charge in [-0.25, -0.2) is 8.78 Å². The summed E-state index contributed by atoms with van der Waals surface area (Å²) in [5, 5.41) is 3.02. The van der Waals surface area contributed by atoms with Crippen LogP contribution in [0.2, 0.25) is 0 Å². The van der Waals surface area contributed by atoms with E-state index >= 15 is 0 Å². The highest BCUT2D eigenvalue weighted by atomic mass is 32.2. The number of fused-ring (bicyclic) bond motifs is 3. The van der Waals surface area contributed by atoms with Crippen molar-refractivity contribution in [2.24, 2.45) is 5.92 Å². The van der Waals surface area contributed by atoms with Crippen LogP contribution in [-0.2, 0) is 10.1 Å². The summed E-state index contributed by atoms with van der Waals surface area (Å²) < 4.78 is 62.2. The number of nitrogens with one attached hydrogen (secondary N) is 1. The van der Waals surface area contributed by atoms with Crippen LogP contribution in [0.1, 0.15) is 29.0 Å². The van der Waals surface area contributed by atoms with Crippen molar-refractivity contribution in [3.05, 3.63) is 77.6 Å². The Kier molecular flexibility index (Phi) is 7.34. The largest absolute Gasteiger partial charge is 0.451 e. The molecule has 1 amide bonds. The van der Waals surface area contributed by atoms with Crippen molar-refractivity contribution in [2.75, 3.05) is 19.6 Å². The molecule has 35 heavy (non-hydrogen) atoms. The molecule has 186 valence electrons. The lowest BCUT2D eigenvalue weighted by molar-refractivity contribution is 0.0606. The topological polar surface area (TPSA) is 99.8 Å². The van der Waals surface area contributed by atoms with Crippen molar-refractivity contribution in [3.63, 3.8) is 0 Å². The number of aryl methyl sites for hydroxylation is 1. The number of hydrogen-bond donors (Lipinski definition) is 2. The molecule has 2 N–H and O–H groups in total. The highest BCUT2D eigenvalue weighted by Crippen LogP contribution is 2.29. The molecule has 3 aromatic rings. The van der Waals surface area contributed by atoms with Crippen LogP contribution in [0.5, 0.6) is 0 Å². The van der Waals surface area contributed by atoms with E-state index in [2.05, 4.69) is 10.2 Å². The normalized spacial score (nSPS) is 21.2. The molecule has 3 aliphatic rings. The van der Waals surface area contributed by atoms with E-state index in [1.54, 1.807) is 12.1 Å². The van der Waals surface area contributed by atoms with E-state index in [0.29, 0.717) is 5.92 Å². The van der Waals surface area contributed by atoms with Gasteiger partial charge in [0.25, 0.3) is 16.0 Å². The SMILES string of the molecule is Cc1ccc(S(=O)(=O)O)cc1.O=C(N[C@H]1CN2CCC1CC2)c1ccc(-c2cccc(F)c2F)o1. The molecule has 0 radical (unpaired) electrons. The quantitative estimate of drug-likeness (QED) is 0.515. The van der Waals surface area contributed by atoms with Crippen molar-refractivity contribution >= 4 is 16.0 Å². The summed E-state index contributed by atoms with van der Waals surface area (Å²) in [4.78, 5) is 14.7. The third kappa shape index (κ3) is 5.95. The predicted molar refractivity (Wildman–Crippen MR) is 125 cm³/mol. The van der Waals surface area contributed by atoms with Crippen LogP contribution in [0.15, 0.2) is 63.9 Å². The van der Waals surface area contributed by atoms with Gasteiger partial charge in [0, 0.05) is 12.6 Å². The van der Waals surface area contributed by atoms with E-state index in [4.69, 9.17) is 8.97 Å². The van der Waals surface area contributed by atoms with Crippen LogP contribution in [0.25, 0.3) is 11.3 Å². The first-order valence-electron chi connectivity index (χ1n) is 11.2. The molecule has 3 fully saturated rings. The number of nitrogens with zero attached hydrogens (tertiary/aromatic N) is 1. The van der Waals surface area contributed by atoms with Crippen molar-refractivity contribution in [2.45, 2.75) is 30.7 Å². The fourth-order valence-corrected chi connectivity index (χ4v) is 4.86. The van der Waals surface area contributed by atoms with Gasteiger partial charge in [-0.05, 0) is 75.2 Å². The second kappa shape index (κ2) is 10.3. The van der Waals surface area contributed by atoms with E-state index in [1.807, 2.05) is 6.92 Å². The molecule has 0 unspecified atom stereocenters. The molecule has 1 atom stereocenters. The Morgan fingerprint density at radius 2 is 1.74 bits per heavy atom. The second-order valence-electron chi connectivity index (χ2n) is 8.77. The fourth-order valence-electron chi connectivity index (χ4n) is 4.38. The van der Waals surface area contributed by atoms with Crippen LogP contribution in [0.4, 0.5) is 8.78 Å². The molecule has 7 nitrogen and oxygen atoms in total. The molecule has 0 saturated carbocycles. The zero-order valence-corrected chi connectivity index (χ0v) is 19.9. The molecule has 0 spiro atoms. The molecule has 6 rings (SSSR count). The smallest absolute Gasteiger partial charge is 0.294 e. The Hall–Kier alpha value is -3.08. The molecule has 3 saturated heterocycles. The van der Waals surface area contributed by atoms with Crippen LogP contribution < -0.4 is 5.32 Å². The summed E-state index contributed by atoms with van der Waals surface area (Å²) in [7, 11) is -4.02. The molecule has 3 aliphatic heterocycles. The van der Waals surface area contributed by atoms with Gasteiger partial charge in [0.2, 0.25) is 0 Å². The molecule has 1 aromatic heterocycles. The molecule has 10 heteroatoms. The Labute approximate surface area is 202 Å². The number of carbonyl (C=O) groups is 1. The predicted octanol–water partition coefficient (Wildman–Crippen LogP) is 4.29. The highest BCUT2D eigenvalue weighted by molar-refractivity contribution is 7.85. The van der Waals surface area contributed by atoms with Gasteiger partial charge in [0.1, 0.15) is 5.76 Å². The van der Waals surface area contributed by atoms with Gasteiger partial charge < -0.3 is 14.6 Å². The number of rotatable bonds is 4. The average Bonchev–Trinajstić information content (AvgIpc) is 3.32. The maximum absolute atomic E-state index is 13.8. The van der Waals surface area contributed by atoms with Gasteiger partial charge in [-0.3, -0.25) is 9.35 Å². The monoisotopic (exact) mass is 504 g/mol. The lowest BCUT2D eigenvalue weighted by Crippen LogP contribution is -2.57. The summed E-state index contributed by atoms with van der Waals surface area (Å²) in [6.07, 6.45) is 2.20. The minimum Gasteiger partial charge on any atom is -0.451 e. The van der Waals surface area contributed by atoms with Crippen LogP contribution >= 0.6 is 0 Å². The lowest BCUT2D eigenvalue weighted by atomic mass is 9.84. The number of benzene rings is 2. The summed E-state index contributed by atoms with van der Waals surface area (Å²) in [5.41, 5.74) is 0.967. The van der Waals surface area contributed by atoms with Crippen LogP contribution in [-0.4, -0.2) is 49.5 Å². The third-order valence-electron chi connectivity index (χ3n) is 6.34. The molecule has 2 bridgehead atoms. The van der Waals surface area contributed by atoms with Crippen LogP contribution in [0.3, 0.4) is 0 Å². The van der Waals surface area contributed by atoms with Crippen molar-refractivity contribution in [1.29, 1.82) is 0 Å². The molecular weight excluding hydrogens is 478 g/mol. The maximum Gasteiger partial charge on any atom is 0.294 e. The van der Waals surface area contributed by atoms with E-state index in [-0.39, 0.29) is 33.9 Å². The minimum atomic E-state index is -4.02. The summed E-state index contributed by atoms with van der Waals surface area (Å²) in [6, 6.07) is 13.0. The Balaban J connectivity index is 0.000000221. The van der Waals surface area contributed by atoms with Gasteiger partial charge in [-0.15, -0.1) is 0 Å². The Morgan fingerprint density at radius 1 is 1.06 bits per heavy atom. The van der Waals surface area contributed by atoms with Gasteiger partial charge in [-0.1, -0.05) is 23.8 Å².